The van der Waals surface area contributed by atoms with Crippen LogP contribution >= 0.6 is 0 Å². The van der Waals surface area contributed by atoms with Gasteiger partial charge in [0.05, 0.1) is 6.54 Å². The summed E-state index contributed by atoms with van der Waals surface area (Å²) in [6.45, 7) is 9.99. The second-order valence-corrected chi connectivity index (χ2v) is 3.38. The minimum absolute atomic E-state index is 1.08. The van der Waals surface area contributed by atoms with Gasteiger partial charge in [0.25, 0.3) is 0 Å². The number of rotatable bonds is 4. The Balaban J connectivity index is 2.91. The first-order valence-electron chi connectivity index (χ1n) is 5.44. The Bertz CT molecular complexity index is 238. The SMILES string of the molecule is CCC1=NC(CC)=C(CC)[NH+]1CC. The first-order chi connectivity index (χ1) is 6.28. The number of nitrogens with one attached hydrogen (secondary N) is 1. The van der Waals surface area contributed by atoms with Crippen molar-refractivity contribution in [2.75, 3.05) is 6.54 Å². The number of quaternary nitrogens is 1. The minimum Gasteiger partial charge on any atom is -0.260 e. The Morgan fingerprint density at radius 2 is 1.69 bits per heavy atom. The van der Waals surface area contributed by atoms with Crippen LogP contribution in [0, 0.1) is 0 Å². The first kappa shape index (κ1) is 10.5. The molecule has 1 unspecified atom stereocenters. The van der Waals surface area contributed by atoms with Crippen molar-refractivity contribution < 1.29 is 4.90 Å². The molecule has 1 aliphatic rings. The molecule has 13 heavy (non-hydrogen) atoms. The van der Waals surface area contributed by atoms with E-state index in [4.69, 9.17) is 0 Å². The highest BCUT2D eigenvalue weighted by molar-refractivity contribution is 5.77. The quantitative estimate of drug-likeness (QED) is 0.680. The predicted molar refractivity (Wildman–Crippen MR) is 56.8 cm³/mol. The zero-order valence-electron chi connectivity index (χ0n) is 9.28. The number of amidine groups is 1. The Hall–Kier alpha value is -0.630. The zero-order valence-corrected chi connectivity index (χ0v) is 9.28. The summed E-state index contributed by atoms with van der Waals surface area (Å²) < 4.78 is 0. The van der Waals surface area contributed by atoms with Crippen molar-refractivity contribution in [3.63, 3.8) is 0 Å². The molecular weight excluding hydrogens is 160 g/mol. The Morgan fingerprint density at radius 3 is 2.08 bits per heavy atom. The molecule has 2 heteroatoms. The third-order valence-corrected chi connectivity index (χ3v) is 2.71. The highest BCUT2D eigenvalue weighted by atomic mass is 15.2. The topological polar surface area (TPSA) is 16.8 Å². The lowest BCUT2D eigenvalue weighted by Crippen LogP contribution is -3.11. The van der Waals surface area contributed by atoms with Crippen LogP contribution in [0.5, 0.6) is 0 Å². The van der Waals surface area contributed by atoms with E-state index in [1.807, 2.05) is 0 Å². The smallest absolute Gasteiger partial charge is 0.206 e. The van der Waals surface area contributed by atoms with Crippen LogP contribution in [0.25, 0.3) is 0 Å². The molecule has 1 aliphatic heterocycles. The Labute approximate surface area is 81.3 Å². The number of nitrogens with zero attached hydrogens (tertiary/aromatic N) is 1. The van der Waals surface area contributed by atoms with E-state index in [9.17, 15) is 0 Å². The molecule has 0 spiro atoms. The van der Waals surface area contributed by atoms with Gasteiger partial charge < -0.3 is 0 Å². The fourth-order valence-electron chi connectivity index (χ4n) is 2.07. The second kappa shape index (κ2) is 4.56. The maximum Gasteiger partial charge on any atom is 0.206 e. The molecule has 0 radical (unpaired) electrons. The van der Waals surface area contributed by atoms with E-state index in [1.165, 1.54) is 22.1 Å². The molecule has 2 nitrogen and oxygen atoms in total. The third-order valence-electron chi connectivity index (χ3n) is 2.71. The van der Waals surface area contributed by atoms with Crippen molar-refractivity contribution >= 4 is 5.84 Å². The van der Waals surface area contributed by atoms with Crippen LogP contribution in [0.2, 0.25) is 0 Å². The van der Waals surface area contributed by atoms with Gasteiger partial charge in [-0.25, -0.2) is 0 Å². The predicted octanol–water partition coefficient (Wildman–Crippen LogP) is 1.74. The molecule has 0 aromatic rings. The third kappa shape index (κ3) is 1.83. The first-order valence-corrected chi connectivity index (χ1v) is 5.44. The minimum atomic E-state index is 1.08. The van der Waals surface area contributed by atoms with Crippen LogP contribution in [-0.2, 0) is 0 Å². The van der Waals surface area contributed by atoms with Gasteiger partial charge in [0, 0.05) is 12.8 Å². The average molecular weight is 181 g/mol. The maximum atomic E-state index is 4.69. The molecule has 0 aromatic carbocycles. The van der Waals surface area contributed by atoms with Crippen molar-refractivity contribution in [3.05, 3.63) is 11.4 Å². The lowest BCUT2D eigenvalue weighted by molar-refractivity contribution is -0.760. The number of allylic oxidation sites excluding steroid dienone is 2. The molecule has 0 amide bonds. The fourth-order valence-corrected chi connectivity index (χ4v) is 2.07. The Morgan fingerprint density at radius 1 is 1.00 bits per heavy atom. The van der Waals surface area contributed by atoms with Crippen LogP contribution in [-0.4, -0.2) is 12.4 Å². The van der Waals surface area contributed by atoms with Crippen molar-refractivity contribution in [2.45, 2.75) is 47.0 Å². The van der Waals surface area contributed by atoms with Gasteiger partial charge in [0.15, 0.2) is 0 Å². The van der Waals surface area contributed by atoms with Crippen LogP contribution in [0.4, 0.5) is 0 Å². The normalized spacial score (nSPS) is 22.5. The molecule has 0 aliphatic carbocycles. The fraction of sp³-hybridized carbons (Fsp3) is 0.727. The number of hydrogen-bond donors (Lipinski definition) is 1. The van der Waals surface area contributed by atoms with Gasteiger partial charge >= 0.3 is 0 Å². The molecule has 0 aromatic heterocycles. The molecule has 1 N–H and O–H groups in total. The number of hydrogen-bond acceptors (Lipinski definition) is 1. The van der Waals surface area contributed by atoms with Gasteiger partial charge in [-0.2, -0.15) is 4.99 Å². The van der Waals surface area contributed by atoms with E-state index in [0.717, 1.165) is 25.8 Å². The van der Waals surface area contributed by atoms with Crippen molar-refractivity contribution in [1.82, 2.24) is 0 Å². The van der Waals surface area contributed by atoms with Gasteiger partial charge in [-0.15, -0.1) is 0 Å². The van der Waals surface area contributed by atoms with E-state index >= 15 is 0 Å². The Kier molecular flexibility index (Phi) is 3.67. The van der Waals surface area contributed by atoms with E-state index in [0.29, 0.717) is 0 Å². The summed E-state index contributed by atoms with van der Waals surface area (Å²) in [7, 11) is 0. The van der Waals surface area contributed by atoms with Gasteiger partial charge in [0.2, 0.25) is 5.84 Å². The van der Waals surface area contributed by atoms with Crippen LogP contribution in [0.1, 0.15) is 47.0 Å². The van der Waals surface area contributed by atoms with E-state index in [-0.39, 0.29) is 0 Å². The largest absolute Gasteiger partial charge is 0.260 e. The van der Waals surface area contributed by atoms with E-state index < -0.39 is 0 Å². The number of aliphatic imine (C=N–C) groups is 1. The van der Waals surface area contributed by atoms with Gasteiger partial charge in [-0.1, -0.05) is 20.8 Å². The monoisotopic (exact) mass is 181 g/mol. The summed E-state index contributed by atoms with van der Waals surface area (Å²) in [5, 5.41) is 0. The lowest BCUT2D eigenvalue weighted by atomic mass is 10.2. The second-order valence-electron chi connectivity index (χ2n) is 3.38. The van der Waals surface area contributed by atoms with E-state index in [1.54, 1.807) is 0 Å². The van der Waals surface area contributed by atoms with Crippen LogP contribution in [0.15, 0.2) is 16.4 Å². The van der Waals surface area contributed by atoms with Crippen molar-refractivity contribution in [2.24, 2.45) is 4.99 Å². The molecule has 1 heterocycles. The molecular formula is C11H21N2+. The summed E-state index contributed by atoms with van der Waals surface area (Å²) in [5.74, 6) is 1.33. The summed E-state index contributed by atoms with van der Waals surface area (Å²) in [6, 6.07) is 0. The maximum absolute atomic E-state index is 4.69. The average Bonchev–Trinajstić information content (AvgIpc) is 2.54. The van der Waals surface area contributed by atoms with Gasteiger partial charge in [-0.05, 0) is 13.3 Å². The zero-order chi connectivity index (χ0) is 9.84. The summed E-state index contributed by atoms with van der Waals surface area (Å²) in [6.07, 6.45) is 3.30. The molecule has 0 fully saturated rings. The molecule has 1 atom stereocenters. The lowest BCUT2D eigenvalue weighted by Gasteiger charge is -2.14. The molecule has 0 saturated carbocycles. The summed E-state index contributed by atoms with van der Waals surface area (Å²) in [4.78, 5) is 6.20. The van der Waals surface area contributed by atoms with Gasteiger partial charge in [0.1, 0.15) is 11.4 Å². The highest BCUT2D eigenvalue weighted by Gasteiger charge is 2.27. The van der Waals surface area contributed by atoms with Crippen LogP contribution < -0.4 is 4.90 Å². The molecule has 0 bridgehead atoms. The van der Waals surface area contributed by atoms with Gasteiger partial charge in [-0.3, -0.25) is 4.90 Å². The van der Waals surface area contributed by atoms with Crippen LogP contribution in [0.3, 0.4) is 0 Å². The molecule has 74 valence electrons. The van der Waals surface area contributed by atoms with Crippen molar-refractivity contribution in [1.29, 1.82) is 0 Å². The summed E-state index contributed by atoms with van der Waals surface area (Å²) >= 11 is 0. The van der Waals surface area contributed by atoms with Crippen molar-refractivity contribution in [3.8, 4) is 0 Å². The highest BCUT2D eigenvalue weighted by Crippen LogP contribution is 2.13. The standard InChI is InChI=1S/C11H20N2/c1-5-9-10(6-2)13(8-4)11(7-3)12-9/h5-8H2,1-4H3/p+1. The molecule has 0 saturated heterocycles. The summed E-state index contributed by atoms with van der Waals surface area (Å²) in [5.41, 5.74) is 2.85. The van der Waals surface area contributed by atoms with E-state index in [2.05, 4.69) is 32.7 Å². The molecule has 1 rings (SSSR count).